The van der Waals surface area contributed by atoms with Crippen LogP contribution in [0.25, 0.3) is 0 Å². The fraction of sp³-hybridized carbons (Fsp3) is 0.400. The van der Waals surface area contributed by atoms with E-state index in [1.165, 1.54) is 16.7 Å². The first-order valence-electron chi connectivity index (χ1n) is 3.82. The topological polar surface area (TPSA) is 0 Å². The molecule has 0 aliphatic heterocycles. The zero-order valence-corrected chi connectivity index (χ0v) is 8.77. The van der Waals surface area contributed by atoms with Crippen molar-refractivity contribution in [1.29, 1.82) is 0 Å². The Labute approximate surface area is 76.8 Å². The van der Waals surface area contributed by atoms with Gasteiger partial charge in [0.15, 0.2) is 0 Å². The number of halogens is 1. The summed E-state index contributed by atoms with van der Waals surface area (Å²) < 4.78 is 0. The minimum atomic E-state index is 0.460. The van der Waals surface area contributed by atoms with E-state index in [0.717, 1.165) is 0 Å². The molecule has 0 saturated heterocycles. The van der Waals surface area contributed by atoms with Gasteiger partial charge in [0.1, 0.15) is 0 Å². The lowest BCUT2D eigenvalue weighted by Gasteiger charge is -2.06. The van der Waals surface area contributed by atoms with Crippen molar-refractivity contribution in [3.8, 4) is 0 Å². The quantitative estimate of drug-likeness (QED) is 0.623. The van der Waals surface area contributed by atoms with Crippen LogP contribution in [-0.2, 0) is 0 Å². The molecule has 0 nitrogen and oxygen atoms in total. The molecule has 0 aromatic heterocycles. The highest BCUT2D eigenvalue weighted by atomic mass is 79.9. The van der Waals surface area contributed by atoms with E-state index in [-0.39, 0.29) is 0 Å². The molecule has 1 rings (SSSR count). The molecule has 0 saturated carbocycles. The highest BCUT2D eigenvalue weighted by Gasteiger charge is 2.00. The summed E-state index contributed by atoms with van der Waals surface area (Å²) >= 11 is 3.54. The van der Waals surface area contributed by atoms with Gasteiger partial charge in [0.05, 0.1) is 0 Å². The number of benzene rings is 1. The van der Waals surface area contributed by atoms with Crippen molar-refractivity contribution in [3.63, 3.8) is 0 Å². The van der Waals surface area contributed by atoms with Gasteiger partial charge in [-0.1, -0.05) is 34.1 Å². The summed E-state index contributed by atoms with van der Waals surface area (Å²) in [6, 6.07) is 6.57. The van der Waals surface area contributed by atoms with E-state index in [2.05, 4.69) is 54.9 Å². The minimum absolute atomic E-state index is 0.460. The van der Waals surface area contributed by atoms with E-state index in [9.17, 15) is 0 Å². The molecule has 1 aromatic carbocycles. The Kier molecular flexibility index (Phi) is 2.72. The van der Waals surface area contributed by atoms with E-state index < -0.39 is 0 Å². The Hall–Kier alpha value is -0.300. The Morgan fingerprint density at radius 3 is 2.27 bits per heavy atom. The molecule has 0 bridgehead atoms. The molecule has 0 radical (unpaired) electrons. The van der Waals surface area contributed by atoms with E-state index in [4.69, 9.17) is 0 Å². The van der Waals surface area contributed by atoms with Crippen molar-refractivity contribution < 1.29 is 0 Å². The first kappa shape index (κ1) is 8.79. The largest absolute Gasteiger partial charge is 0.0842 e. The molecule has 0 spiro atoms. The summed E-state index contributed by atoms with van der Waals surface area (Å²) in [5.74, 6) is 0. The third-order valence-corrected chi connectivity index (χ3v) is 2.52. The van der Waals surface area contributed by atoms with E-state index in [1.807, 2.05) is 0 Å². The van der Waals surface area contributed by atoms with Gasteiger partial charge in [0, 0.05) is 4.83 Å². The minimum Gasteiger partial charge on any atom is -0.0842 e. The number of rotatable bonds is 1. The van der Waals surface area contributed by atoms with Crippen LogP contribution in [0.4, 0.5) is 0 Å². The Morgan fingerprint density at radius 1 is 1.18 bits per heavy atom. The van der Waals surface area contributed by atoms with Crippen molar-refractivity contribution in [3.05, 3.63) is 34.9 Å². The molecule has 0 fully saturated rings. The molecule has 0 amide bonds. The number of hydrogen-bond donors (Lipinski definition) is 0. The SMILES string of the molecule is Cc1ccc([C@@H](C)Br)cc1C. The maximum atomic E-state index is 3.54. The molecule has 0 aliphatic rings. The maximum absolute atomic E-state index is 3.54. The highest BCUT2D eigenvalue weighted by Crippen LogP contribution is 2.23. The predicted octanol–water partition coefficient (Wildman–Crippen LogP) is 3.76. The smallest absolute Gasteiger partial charge is 0.0367 e. The van der Waals surface area contributed by atoms with Crippen molar-refractivity contribution in [1.82, 2.24) is 0 Å². The van der Waals surface area contributed by atoms with Gasteiger partial charge in [0.2, 0.25) is 0 Å². The van der Waals surface area contributed by atoms with Crippen LogP contribution in [-0.4, -0.2) is 0 Å². The molecule has 0 N–H and O–H groups in total. The summed E-state index contributed by atoms with van der Waals surface area (Å²) in [5.41, 5.74) is 4.09. The van der Waals surface area contributed by atoms with Crippen LogP contribution in [0.1, 0.15) is 28.4 Å². The second-order valence-electron chi connectivity index (χ2n) is 2.96. The normalized spacial score (nSPS) is 13.1. The number of alkyl halides is 1. The maximum Gasteiger partial charge on any atom is 0.0367 e. The summed E-state index contributed by atoms with van der Waals surface area (Å²) in [6.45, 7) is 6.43. The summed E-state index contributed by atoms with van der Waals surface area (Å²) in [7, 11) is 0. The second kappa shape index (κ2) is 3.40. The van der Waals surface area contributed by atoms with Crippen LogP contribution in [0.3, 0.4) is 0 Å². The molecule has 0 unspecified atom stereocenters. The second-order valence-corrected chi connectivity index (χ2v) is 4.33. The van der Waals surface area contributed by atoms with Crippen LogP contribution >= 0.6 is 15.9 Å². The fourth-order valence-electron chi connectivity index (χ4n) is 1.01. The van der Waals surface area contributed by atoms with Crippen molar-refractivity contribution >= 4 is 15.9 Å². The summed E-state index contributed by atoms with van der Waals surface area (Å²) in [5, 5.41) is 0. The number of aryl methyl sites for hydroxylation is 2. The molecule has 1 heteroatoms. The van der Waals surface area contributed by atoms with E-state index >= 15 is 0 Å². The van der Waals surface area contributed by atoms with E-state index in [1.54, 1.807) is 0 Å². The highest BCUT2D eigenvalue weighted by molar-refractivity contribution is 9.09. The standard InChI is InChI=1S/C10H13Br/c1-7-4-5-10(9(3)11)6-8(7)2/h4-6,9H,1-3H3/t9-/m1/s1. The summed E-state index contributed by atoms with van der Waals surface area (Å²) in [4.78, 5) is 0.460. The Morgan fingerprint density at radius 2 is 1.82 bits per heavy atom. The first-order chi connectivity index (χ1) is 5.11. The number of hydrogen-bond acceptors (Lipinski definition) is 0. The van der Waals surface area contributed by atoms with Gasteiger partial charge in [-0.05, 0) is 37.5 Å². The van der Waals surface area contributed by atoms with Crippen molar-refractivity contribution in [2.75, 3.05) is 0 Å². The first-order valence-corrected chi connectivity index (χ1v) is 4.74. The predicted molar refractivity (Wildman–Crippen MR) is 53.3 cm³/mol. The molecule has 60 valence electrons. The zero-order valence-electron chi connectivity index (χ0n) is 7.19. The van der Waals surface area contributed by atoms with Gasteiger partial charge in [0.25, 0.3) is 0 Å². The molecule has 0 heterocycles. The van der Waals surface area contributed by atoms with Crippen LogP contribution in [0.5, 0.6) is 0 Å². The van der Waals surface area contributed by atoms with Gasteiger partial charge in [-0.25, -0.2) is 0 Å². The molecule has 0 aliphatic carbocycles. The third kappa shape index (κ3) is 2.06. The fourth-order valence-corrected chi connectivity index (χ4v) is 1.30. The monoisotopic (exact) mass is 212 g/mol. The van der Waals surface area contributed by atoms with Gasteiger partial charge in [-0.15, -0.1) is 0 Å². The van der Waals surface area contributed by atoms with Gasteiger partial charge in [-0.3, -0.25) is 0 Å². The zero-order chi connectivity index (χ0) is 8.43. The Bertz CT molecular complexity index is 251. The summed E-state index contributed by atoms with van der Waals surface area (Å²) in [6.07, 6.45) is 0. The molecular weight excluding hydrogens is 200 g/mol. The van der Waals surface area contributed by atoms with Crippen molar-refractivity contribution in [2.24, 2.45) is 0 Å². The molecule has 11 heavy (non-hydrogen) atoms. The van der Waals surface area contributed by atoms with Crippen LogP contribution < -0.4 is 0 Å². The average molecular weight is 213 g/mol. The Balaban J connectivity index is 3.05. The van der Waals surface area contributed by atoms with Gasteiger partial charge >= 0.3 is 0 Å². The van der Waals surface area contributed by atoms with Gasteiger partial charge < -0.3 is 0 Å². The molecule has 1 aromatic rings. The lowest BCUT2D eigenvalue weighted by molar-refractivity contribution is 1.11. The van der Waals surface area contributed by atoms with Gasteiger partial charge in [-0.2, -0.15) is 0 Å². The average Bonchev–Trinajstić information content (AvgIpc) is 1.94. The lowest BCUT2D eigenvalue weighted by Crippen LogP contribution is -1.86. The van der Waals surface area contributed by atoms with Crippen molar-refractivity contribution in [2.45, 2.75) is 25.6 Å². The van der Waals surface area contributed by atoms with Crippen LogP contribution in [0.2, 0.25) is 0 Å². The molecular formula is C10H13Br. The van der Waals surface area contributed by atoms with Crippen LogP contribution in [0, 0.1) is 13.8 Å². The lowest BCUT2D eigenvalue weighted by atomic mass is 10.1. The van der Waals surface area contributed by atoms with Crippen LogP contribution in [0.15, 0.2) is 18.2 Å². The molecule has 1 atom stereocenters. The third-order valence-electron chi connectivity index (χ3n) is 1.99. The van der Waals surface area contributed by atoms with E-state index in [0.29, 0.717) is 4.83 Å².